The topological polar surface area (TPSA) is 63.2 Å². The first-order valence-electron chi connectivity index (χ1n) is 6.80. The normalized spacial score (nSPS) is 15.4. The van der Waals surface area contributed by atoms with Crippen LogP contribution in [-0.4, -0.2) is 31.6 Å². The second-order valence-corrected chi connectivity index (χ2v) is 6.59. The molecule has 1 unspecified atom stereocenters. The molecule has 26 heavy (non-hydrogen) atoms. The van der Waals surface area contributed by atoms with E-state index in [0.717, 1.165) is 6.92 Å². The summed E-state index contributed by atoms with van der Waals surface area (Å²) in [6.07, 6.45) is 4.21. The van der Waals surface area contributed by atoms with Crippen LogP contribution < -0.4 is 0 Å². The Hall–Kier alpha value is 0.389. The van der Waals surface area contributed by atoms with E-state index in [2.05, 4.69) is 35.5 Å². The van der Waals surface area contributed by atoms with Gasteiger partial charge in [-0.3, -0.25) is 4.21 Å². The Balaban J connectivity index is -0.000000143. The third-order valence-electron chi connectivity index (χ3n) is 2.50. The summed E-state index contributed by atoms with van der Waals surface area (Å²) in [7, 11) is -4.33. The molecule has 0 aromatic rings. The van der Waals surface area contributed by atoms with Gasteiger partial charge < -0.3 is 9.11 Å². The zero-order valence-corrected chi connectivity index (χ0v) is 16.9. The molecule has 0 heterocycles. The molecule has 1 atom stereocenters. The van der Waals surface area contributed by atoms with Gasteiger partial charge in [-0.15, -0.1) is 9.05 Å². The maximum Gasteiger partial charge on any atom is 1.00 e. The quantitative estimate of drug-likeness (QED) is 0.389. The number of rotatable bonds is 2. The molecule has 0 aromatic heterocycles. The Morgan fingerprint density at radius 3 is 1.54 bits per heavy atom. The van der Waals surface area contributed by atoms with Crippen molar-refractivity contribution in [3.63, 3.8) is 0 Å². The summed E-state index contributed by atoms with van der Waals surface area (Å²) in [5.41, 5.74) is 0. The largest absolute Gasteiger partial charge is 1.00 e. The van der Waals surface area contributed by atoms with Crippen molar-refractivity contribution in [1.29, 1.82) is 0 Å². The second kappa shape index (κ2) is 16.4. The number of halogens is 6. The summed E-state index contributed by atoms with van der Waals surface area (Å²) in [5.74, 6) is -5.22. The van der Waals surface area contributed by atoms with Gasteiger partial charge in [0.15, 0.2) is 6.17 Å². The Bertz CT molecular complexity index is 475. The van der Waals surface area contributed by atoms with E-state index < -0.39 is 33.7 Å². The molecule has 13 heteroatoms. The monoisotopic (exact) mass is 526 g/mol. The Morgan fingerprint density at radius 1 is 1.04 bits per heavy atom. The maximum absolute atomic E-state index is 11.9. The molecule has 0 bridgehead atoms. The zero-order chi connectivity index (χ0) is 19.4. The van der Waals surface area contributed by atoms with E-state index in [1.165, 1.54) is 25.7 Å². The molecule has 0 aromatic carbocycles. The molecule has 0 amide bonds. The minimum Gasteiger partial charge on any atom is -0.780 e. The van der Waals surface area contributed by atoms with Gasteiger partial charge in [0.1, 0.15) is 0 Å². The van der Waals surface area contributed by atoms with Gasteiger partial charge in [0, 0.05) is 0 Å². The van der Waals surface area contributed by atoms with E-state index in [1.807, 2.05) is 0 Å². The van der Waals surface area contributed by atoms with E-state index in [4.69, 9.17) is 13.3 Å². The first-order valence-corrected chi connectivity index (χ1v) is 9.13. The van der Waals surface area contributed by atoms with Crippen LogP contribution in [0.15, 0.2) is 24.3 Å². The SMILES string of the molecule is C1=CCCCCC=C1.CCC(F)C(F)(F)C(F)(F)F.O=S([O-])([O-])=S.[Cu+].[Cu+]. The van der Waals surface area contributed by atoms with Crippen molar-refractivity contribution in [3.8, 4) is 0 Å². The molecule has 0 radical (unpaired) electrons. The number of hydrogen-bond donors (Lipinski definition) is 0. The van der Waals surface area contributed by atoms with Gasteiger partial charge in [0.25, 0.3) is 0 Å². The van der Waals surface area contributed by atoms with Crippen molar-refractivity contribution >= 4 is 20.2 Å². The summed E-state index contributed by atoms with van der Waals surface area (Å²) in [4.78, 5) is 0. The third kappa shape index (κ3) is 20.7. The average Bonchev–Trinajstić information content (AvgIpc) is 2.34. The molecule has 0 saturated heterocycles. The minimum absolute atomic E-state index is 0. The molecular weight excluding hydrogens is 509 g/mol. The van der Waals surface area contributed by atoms with Crippen molar-refractivity contribution in [1.82, 2.24) is 0 Å². The van der Waals surface area contributed by atoms with Gasteiger partial charge in [0.2, 0.25) is 0 Å². The molecule has 0 fully saturated rings. The average molecular weight is 527 g/mol. The van der Waals surface area contributed by atoms with Crippen LogP contribution in [0.2, 0.25) is 0 Å². The fourth-order valence-electron chi connectivity index (χ4n) is 1.31. The molecule has 0 spiro atoms. The van der Waals surface area contributed by atoms with Crippen molar-refractivity contribution in [2.24, 2.45) is 0 Å². The standard InChI is InChI=1S/C8H12.C5H6F6.2Cu.H2O3S2/c1-2-4-6-8-7-5-3-1;1-2-3(6)4(7,8)5(9,10)11;;;1-5(2,3)4/h1-4H,5-8H2;3H,2H2,1H3;;;(H2,1,2,3,4)/q;;2*+1;/p-2. The van der Waals surface area contributed by atoms with E-state index in [0.29, 0.717) is 0 Å². The van der Waals surface area contributed by atoms with E-state index in [-0.39, 0.29) is 34.1 Å². The van der Waals surface area contributed by atoms with Crippen molar-refractivity contribution < 1.29 is 73.8 Å². The first kappa shape index (κ1) is 33.9. The molecule has 0 aliphatic heterocycles. The Labute approximate surface area is 175 Å². The predicted molar refractivity (Wildman–Crippen MR) is 80.0 cm³/mol. The van der Waals surface area contributed by atoms with Crippen LogP contribution in [0.1, 0.15) is 39.0 Å². The number of hydrogen-bond acceptors (Lipinski definition) is 4. The predicted octanol–water partition coefficient (Wildman–Crippen LogP) is 4.59. The first-order chi connectivity index (χ1) is 10.7. The van der Waals surface area contributed by atoms with Crippen molar-refractivity contribution in [2.45, 2.75) is 57.3 Å². The summed E-state index contributed by atoms with van der Waals surface area (Å²) in [6, 6.07) is 0. The number of allylic oxidation sites excluding steroid dienone is 4. The minimum atomic E-state index is -5.79. The van der Waals surface area contributed by atoms with Crippen LogP contribution >= 0.6 is 0 Å². The summed E-state index contributed by atoms with van der Waals surface area (Å²) in [5, 5.41) is 0. The van der Waals surface area contributed by atoms with Crippen LogP contribution in [0.3, 0.4) is 0 Å². The Morgan fingerprint density at radius 2 is 1.35 bits per heavy atom. The van der Waals surface area contributed by atoms with E-state index in [1.54, 1.807) is 0 Å². The molecule has 0 N–H and O–H groups in total. The van der Waals surface area contributed by atoms with Gasteiger partial charge >= 0.3 is 46.2 Å². The van der Waals surface area contributed by atoms with Gasteiger partial charge in [-0.05, 0) is 43.3 Å². The van der Waals surface area contributed by atoms with Crippen LogP contribution in [0.25, 0.3) is 0 Å². The molecule has 0 saturated carbocycles. The molecule has 1 rings (SSSR count). The Kier molecular flexibility index (Phi) is 21.3. The van der Waals surface area contributed by atoms with Gasteiger partial charge in [-0.25, -0.2) is 4.39 Å². The van der Waals surface area contributed by atoms with Gasteiger partial charge in [0.05, 0.1) is 0 Å². The fraction of sp³-hybridized carbons (Fsp3) is 0.692. The summed E-state index contributed by atoms with van der Waals surface area (Å²) >= 11 is 3.24. The fourth-order valence-corrected chi connectivity index (χ4v) is 1.31. The molecule has 164 valence electrons. The van der Waals surface area contributed by atoms with Gasteiger partial charge in [-0.2, -0.15) is 22.0 Å². The van der Waals surface area contributed by atoms with Crippen LogP contribution in [0.4, 0.5) is 26.3 Å². The van der Waals surface area contributed by atoms with E-state index in [9.17, 15) is 26.3 Å². The van der Waals surface area contributed by atoms with Crippen LogP contribution in [0, 0.1) is 0 Å². The summed E-state index contributed by atoms with van der Waals surface area (Å²) < 4.78 is 96.1. The summed E-state index contributed by atoms with van der Waals surface area (Å²) in [6.45, 7) is 0.921. The molecule has 1 aliphatic carbocycles. The molecule has 3 nitrogen and oxygen atoms in total. The van der Waals surface area contributed by atoms with Crippen molar-refractivity contribution in [3.05, 3.63) is 24.3 Å². The van der Waals surface area contributed by atoms with Gasteiger partial charge in [-0.1, -0.05) is 31.2 Å². The smallest absolute Gasteiger partial charge is 0.780 e. The third-order valence-corrected chi connectivity index (χ3v) is 2.50. The molecular formula is C13H18Cu2F6O3S2. The molecule has 1 aliphatic rings. The van der Waals surface area contributed by atoms with Crippen LogP contribution in [-0.2, 0) is 54.4 Å². The zero-order valence-electron chi connectivity index (χ0n) is 13.3. The van der Waals surface area contributed by atoms with Crippen molar-refractivity contribution in [2.75, 3.05) is 0 Å². The number of alkyl halides is 6. The second-order valence-electron chi connectivity index (χ2n) is 4.55. The van der Waals surface area contributed by atoms with Crippen LogP contribution in [0.5, 0.6) is 0 Å². The van der Waals surface area contributed by atoms with E-state index >= 15 is 0 Å². The maximum atomic E-state index is 11.9.